The number of pyridine rings is 2. The van der Waals surface area contributed by atoms with Crippen LogP contribution >= 0.6 is 11.8 Å². The molecule has 2 aromatic heterocycles. The van der Waals surface area contributed by atoms with Crippen molar-refractivity contribution >= 4 is 40.0 Å². The van der Waals surface area contributed by atoms with Crippen molar-refractivity contribution in [2.45, 2.75) is 19.3 Å². The number of nitrogens with zero attached hydrogens (tertiary/aromatic N) is 2. The number of para-hydroxylation sites is 2. The number of ketones is 1. The molecule has 0 unspecified atom stereocenters. The highest BCUT2D eigenvalue weighted by Crippen LogP contribution is 2.28. The molecule has 1 aliphatic rings. The molecule has 6 heteroatoms. The van der Waals surface area contributed by atoms with Crippen LogP contribution in [-0.2, 0) is 11.2 Å². The summed E-state index contributed by atoms with van der Waals surface area (Å²) in [6.45, 7) is 0. The number of nitrogens with one attached hydrogen (secondary N) is 1. The number of anilines is 2. The highest BCUT2D eigenvalue weighted by Gasteiger charge is 2.18. The van der Waals surface area contributed by atoms with E-state index in [0.29, 0.717) is 24.0 Å². The van der Waals surface area contributed by atoms with E-state index in [0.717, 1.165) is 40.2 Å². The fourth-order valence-electron chi connectivity index (χ4n) is 4.12. The number of fused-ring (bicyclic) bond motifs is 1. The molecule has 0 saturated carbocycles. The van der Waals surface area contributed by atoms with Crippen molar-refractivity contribution < 1.29 is 4.79 Å². The molecule has 2 aromatic carbocycles. The quantitative estimate of drug-likeness (QED) is 0.392. The number of hydrogen-bond donors (Lipinski definition) is 1. The van der Waals surface area contributed by atoms with Crippen LogP contribution in [0.25, 0.3) is 16.6 Å². The van der Waals surface area contributed by atoms with Crippen molar-refractivity contribution in [1.82, 2.24) is 9.55 Å². The summed E-state index contributed by atoms with van der Waals surface area (Å²) >= 11 is 1.69. The Morgan fingerprint density at radius 2 is 1.79 bits per heavy atom. The molecule has 0 spiro atoms. The number of allylic oxidation sites excluding steroid dienone is 1. The van der Waals surface area contributed by atoms with Crippen molar-refractivity contribution in [3.05, 3.63) is 106 Å². The number of benzene rings is 2. The molecule has 0 bridgehead atoms. The minimum Gasteiger partial charge on any atom is -0.341 e. The van der Waals surface area contributed by atoms with Crippen LogP contribution in [0.5, 0.6) is 0 Å². The number of rotatable bonds is 7. The van der Waals surface area contributed by atoms with Gasteiger partial charge in [0.2, 0.25) is 0 Å². The van der Waals surface area contributed by atoms with Crippen LogP contribution in [0.15, 0.2) is 94.9 Å². The molecule has 164 valence electrons. The van der Waals surface area contributed by atoms with Gasteiger partial charge in [0.05, 0.1) is 10.9 Å². The highest BCUT2D eigenvalue weighted by atomic mass is 32.2. The lowest BCUT2D eigenvalue weighted by atomic mass is 10.0. The zero-order chi connectivity index (χ0) is 22.6. The lowest BCUT2D eigenvalue weighted by Gasteiger charge is -2.20. The molecule has 0 fully saturated rings. The minimum atomic E-state index is -0.105. The van der Waals surface area contributed by atoms with Crippen molar-refractivity contribution in [3.63, 3.8) is 0 Å². The second kappa shape index (κ2) is 9.46. The molecule has 1 N–H and O–H groups in total. The molecule has 0 amide bonds. The molecule has 33 heavy (non-hydrogen) atoms. The van der Waals surface area contributed by atoms with Gasteiger partial charge in [-0.2, -0.15) is 0 Å². The summed E-state index contributed by atoms with van der Waals surface area (Å²) in [5.74, 6) is 1.81. The van der Waals surface area contributed by atoms with Crippen molar-refractivity contribution in [1.29, 1.82) is 0 Å². The third-order valence-corrected chi connectivity index (χ3v) is 6.64. The topological polar surface area (TPSA) is 64.0 Å². The lowest BCUT2D eigenvalue weighted by Crippen LogP contribution is -2.15. The largest absolute Gasteiger partial charge is 0.341 e. The van der Waals surface area contributed by atoms with Crippen LogP contribution in [0.1, 0.15) is 18.4 Å². The van der Waals surface area contributed by atoms with Crippen molar-refractivity contribution in [2.75, 3.05) is 11.1 Å². The zero-order valence-corrected chi connectivity index (χ0v) is 18.8. The lowest BCUT2D eigenvalue weighted by molar-refractivity contribution is -0.115. The fourth-order valence-corrected chi connectivity index (χ4v) is 5.03. The Morgan fingerprint density at radius 3 is 2.52 bits per heavy atom. The summed E-state index contributed by atoms with van der Waals surface area (Å²) in [6, 6.07) is 21.3. The van der Waals surface area contributed by atoms with Gasteiger partial charge < -0.3 is 5.32 Å². The maximum Gasteiger partial charge on any atom is 0.193 e. The molecule has 0 atom stereocenters. The number of aryl methyl sites for hydroxylation is 1. The molecule has 5 nitrogen and oxygen atoms in total. The van der Waals surface area contributed by atoms with Gasteiger partial charge in [-0.05, 0) is 48.1 Å². The van der Waals surface area contributed by atoms with Gasteiger partial charge in [-0.25, -0.2) is 0 Å². The number of thioether (sulfide) groups is 1. The highest BCUT2D eigenvalue weighted by molar-refractivity contribution is 8.02. The van der Waals surface area contributed by atoms with Gasteiger partial charge in [-0.3, -0.25) is 19.1 Å². The van der Waals surface area contributed by atoms with E-state index >= 15 is 0 Å². The molecule has 1 aliphatic heterocycles. The second-order valence-corrected chi connectivity index (χ2v) is 8.91. The first-order chi connectivity index (χ1) is 16.2. The average Bonchev–Trinajstić information content (AvgIpc) is 3.39. The standard InChI is InChI=1S/C27H23N3O2S/c31-24(20-13-14-33-18-20)12-11-19-16-28-17-23-25(32)15-26(29-21-7-3-1-4-8-21)30(27(19)23)22-9-5-2-6-10-22/h1-10,15-18,29H,11-14H2. The van der Waals surface area contributed by atoms with Crippen molar-refractivity contribution in [2.24, 2.45) is 0 Å². The number of aromatic nitrogens is 2. The SMILES string of the molecule is O=C(CCc1cncc2c(=O)cc(Nc3ccccc3)n(-c3ccccc3)c12)C1=CSCC1. The first-order valence-electron chi connectivity index (χ1n) is 10.9. The number of Topliss-reactive ketones (excluding diaryl/α,β-unsaturated/α-hetero) is 1. The second-order valence-electron chi connectivity index (χ2n) is 7.94. The molecule has 3 heterocycles. The molecule has 5 rings (SSSR count). The Balaban J connectivity index is 1.65. The van der Waals surface area contributed by atoms with Gasteiger partial charge in [0, 0.05) is 47.6 Å². The maximum atomic E-state index is 13.1. The van der Waals surface area contributed by atoms with Gasteiger partial charge in [0.25, 0.3) is 0 Å². The Bertz CT molecular complexity index is 1400. The van der Waals surface area contributed by atoms with Crippen LogP contribution in [-0.4, -0.2) is 21.1 Å². The van der Waals surface area contributed by atoms with Gasteiger partial charge in [-0.1, -0.05) is 36.4 Å². The van der Waals surface area contributed by atoms with Gasteiger partial charge in [-0.15, -0.1) is 11.8 Å². The molecule has 4 aromatic rings. The summed E-state index contributed by atoms with van der Waals surface area (Å²) in [5, 5.41) is 5.92. The van der Waals surface area contributed by atoms with E-state index in [1.54, 1.807) is 30.2 Å². The number of carbonyl (C=O) groups excluding carboxylic acids is 1. The Kier molecular flexibility index (Phi) is 6.09. The van der Waals surface area contributed by atoms with Crippen LogP contribution in [0.4, 0.5) is 11.5 Å². The van der Waals surface area contributed by atoms with Crippen molar-refractivity contribution in [3.8, 4) is 5.69 Å². The first-order valence-corrected chi connectivity index (χ1v) is 12.0. The fraction of sp³-hybridized carbons (Fsp3) is 0.148. The molecular formula is C27H23N3O2S. The van der Waals surface area contributed by atoms with E-state index in [9.17, 15) is 9.59 Å². The van der Waals surface area contributed by atoms with Crippen LogP contribution in [0.2, 0.25) is 0 Å². The molecular weight excluding hydrogens is 430 g/mol. The summed E-state index contributed by atoms with van der Waals surface area (Å²) in [7, 11) is 0. The van der Waals surface area contributed by atoms with Gasteiger partial charge in [0.1, 0.15) is 5.82 Å². The monoisotopic (exact) mass is 453 g/mol. The smallest absolute Gasteiger partial charge is 0.193 e. The normalized spacial score (nSPS) is 13.2. The third kappa shape index (κ3) is 4.47. The summed E-state index contributed by atoms with van der Waals surface area (Å²) in [4.78, 5) is 30.1. The van der Waals surface area contributed by atoms with E-state index in [1.165, 1.54) is 0 Å². The molecule has 0 saturated heterocycles. The van der Waals surface area contributed by atoms with Gasteiger partial charge >= 0.3 is 0 Å². The van der Waals surface area contributed by atoms with Gasteiger partial charge in [0.15, 0.2) is 11.2 Å². The van der Waals surface area contributed by atoms with Crippen LogP contribution in [0, 0.1) is 0 Å². The predicted octanol–water partition coefficient (Wildman–Crippen LogP) is 5.65. The summed E-state index contributed by atoms with van der Waals surface area (Å²) in [5.41, 5.74) is 4.27. The van der Waals surface area contributed by atoms with E-state index in [1.807, 2.05) is 66.1 Å². The summed E-state index contributed by atoms with van der Waals surface area (Å²) < 4.78 is 2.05. The van der Waals surface area contributed by atoms with Crippen LogP contribution in [0.3, 0.4) is 0 Å². The Morgan fingerprint density at radius 1 is 1.03 bits per heavy atom. The first kappa shape index (κ1) is 21.2. The maximum absolute atomic E-state index is 13.1. The van der Waals surface area contributed by atoms with E-state index in [-0.39, 0.29) is 11.2 Å². The Hall–Kier alpha value is -3.64. The Labute approximate surface area is 196 Å². The number of hydrogen-bond acceptors (Lipinski definition) is 5. The van der Waals surface area contributed by atoms with E-state index in [2.05, 4.69) is 14.9 Å². The number of carbonyl (C=O) groups is 1. The van der Waals surface area contributed by atoms with E-state index in [4.69, 9.17) is 0 Å². The minimum absolute atomic E-state index is 0.105. The predicted molar refractivity (Wildman–Crippen MR) is 136 cm³/mol. The zero-order valence-electron chi connectivity index (χ0n) is 18.0. The summed E-state index contributed by atoms with van der Waals surface area (Å²) in [6.07, 6.45) is 5.14. The molecule has 0 radical (unpaired) electrons. The van der Waals surface area contributed by atoms with E-state index < -0.39 is 0 Å². The van der Waals surface area contributed by atoms with Crippen LogP contribution < -0.4 is 10.7 Å². The molecule has 0 aliphatic carbocycles. The average molecular weight is 454 g/mol. The third-order valence-electron chi connectivity index (χ3n) is 5.75.